The van der Waals surface area contributed by atoms with Crippen molar-refractivity contribution >= 4 is 34.9 Å². The van der Waals surface area contributed by atoms with E-state index in [9.17, 15) is 19.7 Å². The van der Waals surface area contributed by atoms with E-state index in [1.54, 1.807) is 0 Å². The van der Waals surface area contributed by atoms with Crippen molar-refractivity contribution in [2.75, 3.05) is 5.32 Å². The van der Waals surface area contributed by atoms with Crippen molar-refractivity contribution in [1.29, 1.82) is 5.26 Å². The molecule has 0 aliphatic rings. The van der Waals surface area contributed by atoms with E-state index in [-0.39, 0.29) is 16.1 Å². The van der Waals surface area contributed by atoms with Gasteiger partial charge in [-0.1, -0.05) is 23.7 Å². The summed E-state index contributed by atoms with van der Waals surface area (Å²) in [5.41, 5.74) is -0.101. The van der Waals surface area contributed by atoms with Crippen LogP contribution in [0.4, 0.5) is 11.4 Å². The van der Waals surface area contributed by atoms with Crippen molar-refractivity contribution in [2.24, 2.45) is 0 Å². The Balaban J connectivity index is 2.08. The number of hydrogen-bond donors (Lipinski definition) is 1. The Morgan fingerprint density at radius 3 is 2.62 bits per heavy atom. The van der Waals surface area contributed by atoms with E-state index < -0.39 is 28.6 Å². The molecule has 2 aromatic carbocycles. The summed E-state index contributed by atoms with van der Waals surface area (Å²) in [6, 6.07) is 11.5. The number of nitro benzene ring substituents is 1. The predicted molar refractivity (Wildman–Crippen MR) is 92.8 cm³/mol. The number of carbonyl (C=O) groups is 2. The molecular formula is C17H12ClN3O5. The summed E-state index contributed by atoms with van der Waals surface area (Å²) in [6.45, 7) is 1.33. The molecule has 26 heavy (non-hydrogen) atoms. The molecule has 1 atom stereocenters. The maximum atomic E-state index is 12.1. The molecule has 0 fully saturated rings. The van der Waals surface area contributed by atoms with Gasteiger partial charge >= 0.3 is 5.97 Å². The average molecular weight is 374 g/mol. The molecular weight excluding hydrogens is 362 g/mol. The van der Waals surface area contributed by atoms with Crippen LogP contribution in [0.1, 0.15) is 22.8 Å². The molecule has 0 heterocycles. The summed E-state index contributed by atoms with van der Waals surface area (Å²) in [5.74, 6) is -1.64. The number of ether oxygens (including phenoxy) is 1. The van der Waals surface area contributed by atoms with E-state index >= 15 is 0 Å². The van der Waals surface area contributed by atoms with Crippen LogP contribution in [0.15, 0.2) is 42.5 Å². The maximum Gasteiger partial charge on any atom is 0.345 e. The van der Waals surface area contributed by atoms with Crippen LogP contribution in [0.3, 0.4) is 0 Å². The van der Waals surface area contributed by atoms with Crippen LogP contribution in [-0.2, 0) is 9.53 Å². The van der Waals surface area contributed by atoms with E-state index in [1.807, 2.05) is 6.07 Å². The molecule has 0 aliphatic heterocycles. The predicted octanol–water partition coefficient (Wildman–Crippen LogP) is 3.30. The quantitative estimate of drug-likeness (QED) is 0.487. The van der Waals surface area contributed by atoms with Gasteiger partial charge in [-0.2, -0.15) is 5.26 Å². The molecule has 2 rings (SSSR count). The number of carbonyl (C=O) groups excluding carboxylic acids is 2. The van der Waals surface area contributed by atoms with E-state index in [2.05, 4.69) is 5.32 Å². The Morgan fingerprint density at radius 2 is 2.00 bits per heavy atom. The van der Waals surface area contributed by atoms with Crippen molar-refractivity contribution < 1.29 is 19.2 Å². The standard InChI is InChI=1S/C17H12ClN3O5/c1-10(16(22)20-12-7-6-11(9-19)14(18)8-12)26-17(23)13-4-2-3-5-15(13)21(24)25/h2-8,10H,1H3,(H,20,22)/t10-/m1/s1. The number of esters is 1. The van der Waals surface area contributed by atoms with Gasteiger partial charge in [-0.3, -0.25) is 14.9 Å². The molecule has 9 heteroatoms. The third-order valence-electron chi connectivity index (χ3n) is 3.33. The van der Waals surface area contributed by atoms with Crippen LogP contribution in [0.2, 0.25) is 5.02 Å². The Bertz CT molecular complexity index is 923. The van der Waals surface area contributed by atoms with Crippen molar-refractivity contribution in [3.05, 3.63) is 68.7 Å². The zero-order valence-corrected chi connectivity index (χ0v) is 14.2. The van der Waals surface area contributed by atoms with Crippen LogP contribution in [0, 0.1) is 21.4 Å². The number of anilines is 1. The van der Waals surface area contributed by atoms with Gasteiger partial charge in [0.05, 0.1) is 15.5 Å². The van der Waals surface area contributed by atoms with Crippen LogP contribution < -0.4 is 5.32 Å². The third kappa shape index (κ3) is 4.34. The van der Waals surface area contributed by atoms with Crippen LogP contribution in [0.25, 0.3) is 0 Å². The molecule has 0 radical (unpaired) electrons. The molecule has 0 spiro atoms. The van der Waals surface area contributed by atoms with E-state index in [0.717, 1.165) is 0 Å². The Labute approximate surface area is 153 Å². The van der Waals surface area contributed by atoms with Crippen LogP contribution >= 0.6 is 11.6 Å². The minimum Gasteiger partial charge on any atom is -0.449 e. The summed E-state index contributed by atoms with van der Waals surface area (Å²) in [4.78, 5) is 34.5. The first-order valence-electron chi connectivity index (χ1n) is 7.28. The average Bonchev–Trinajstić information content (AvgIpc) is 2.61. The van der Waals surface area contributed by atoms with Crippen molar-refractivity contribution in [2.45, 2.75) is 13.0 Å². The van der Waals surface area contributed by atoms with Crippen molar-refractivity contribution in [1.82, 2.24) is 0 Å². The highest BCUT2D eigenvalue weighted by Crippen LogP contribution is 2.21. The summed E-state index contributed by atoms with van der Waals surface area (Å²) < 4.78 is 5.00. The number of nitrogens with one attached hydrogen (secondary N) is 1. The lowest BCUT2D eigenvalue weighted by atomic mass is 10.2. The van der Waals surface area contributed by atoms with Crippen molar-refractivity contribution in [3.8, 4) is 6.07 Å². The highest BCUT2D eigenvalue weighted by Gasteiger charge is 2.25. The van der Waals surface area contributed by atoms with Gasteiger partial charge in [0, 0.05) is 11.8 Å². The molecule has 0 aliphatic carbocycles. The number of hydrogen-bond acceptors (Lipinski definition) is 6. The molecule has 0 unspecified atom stereocenters. The van der Waals surface area contributed by atoms with Gasteiger partial charge in [0.15, 0.2) is 6.10 Å². The summed E-state index contributed by atoms with van der Waals surface area (Å²) in [5, 5.41) is 22.4. The first-order chi connectivity index (χ1) is 12.3. The van der Waals surface area contributed by atoms with Gasteiger partial charge in [-0.05, 0) is 31.2 Å². The Kier molecular flexibility index (Phi) is 5.88. The van der Waals surface area contributed by atoms with Crippen molar-refractivity contribution in [3.63, 3.8) is 0 Å². The Morgan fingerprint density at radius 1 is 1.31 bits per heavy atom. The lowest BCUT2D eigenvalue weighted by molar-refractivity contribution is -0.385. The lowest BCUT2D eigenvalue weighted by Gasteiger charge is -2.14. The highest BCUT2D eigenvalue weighted by atomic mass is 35.5. The second kappa shape index (κ2) is 8.09. The molecule has 8 nitrogen and oxygen atoms in total. The molecule has 0 bridgehead atoms. The largest absolute Gasteiger partial charge is 0.449 e. The second-order valence-corrected chi connectivity index (χ2v) is 5.52. The van der Waals surface area contributed by atoms with E-state index in [4.69, 9.17) is 21.6 Å². The number of nitro groups is 1. The fraction of sp³-hybridized carbons (Fsp3) is 0.118. The topological polar surface area (TPSA) is 122 Å². The smallest absolute Gasteiger partial charge is 0.345 e. The number of rotatable bonds is 5. The fourth-order valence-corrected chi connectivity index (χ4v) is 2.23. The Hall–Kier alpha value is -3.44. The first-order valence-corrected chi connectivity index (χ1v) is 7.66. The molecule has 0 saturated carbocycles. The van der Waals surface area contributed by atoms with Gasteiger partial charge in [-0.15, -0.1) is 0 Å². The van der Waals surface area contributed by atoms with Gasteiger partial charge in [0.2, 0.25) is 0 Å². The molecule has 2 aromatic rings. The van der Waals surface area contributed by atoms with Gasteiger partial charge in [0.25, 0.3) is 11.6 Å². The second-order valence-electron chi connectivity index (χ2n) is 5.12. The number of halogens is 1. The van der Waals surface area contributed by atoms with Crippen LogP contribution in [-0.4, -0.2) is 22.9 Å². The number of amides is 1. The highest BCUT2D eigenvalue weighted by molar-refractivity contribution is 6.32. The molecule has 0 aromatic heterocycles. The summed E-state index contributed by atoms with van der Waals surface area (Å²) in [7, 11) is 0. The molecule has 1 amide bonds. The van der Waals surface area contributed by atoms with Gasteiger partial charge in [0.1, 0.15) is 11.6 Å². The third-order valence-corrected chi connectivity index (χ3v) is 3.64. The minimum absolute atomic E-state index is 0.162. The molecule has 0 saturated heterocycles. The van der Waals surface area contributed by atoms with E-state index in [0.29, 0.717) is 5.69 Å². The number of nitrogens with zero attached hydrogens (tertiary/aromatic N) is 2. The van der Waals surface area contributed by atoms with E-state index in [1.165, 1.54) is 49.4 Å². The number of para-hydroxylation sites is 1. The summed E-state index contributed by atoms with van der Waals surface area (Å²) >= 11 is 5.88. The zero-order valence-electron chi connectivity index (χ0n) is 13.4. The summed E-state index contributed by atoms with van der Waals surface area (Å²) in [6.07, 6.45) is -1.21. The number of benzene rings is 2. The SMILES string of the molecule is C[C@@H](OC(=O)c1ccccc1[N+](=O)[O-])C(=O)Nc1ccc(C#N)c(Cl)c1. The first kappa shape index (κ1) is 18.9. The lowest BCUT2D eigenvalue weighted by Crippen LogP contribution is -2.30. The maximum absolute atomic E-state index is 12.1. The zero-order chi connectivity index (χ0) is 19.3. The minimum atomic E-state index is -1.21. The van der Waals surface area contributed by atoms with Gasteiger partial charge < -0.3 is 10.1 Å². The van der Waals surface area contributed by atoms with Crippen LogP contribution in [0.5, 0.6) is 0 Å². The monoisotopic (exact) mass is 373 g/mol. The molecule has 1 N–H and O–H groups in total. The molecule has 132 valence electrons. The fourth-order valence-electron chi connectivity index (χ4n) is 2.01. The van der Waals surface area contributed by atoms with Gasteiger partial charge in [-0.25, -0.2) is 4.79 Å². The number of nitriles is 1. The normalized spacial score (nSPS) is 11.1.